The van der Waals surface area contributed by atoms with Crippen molar-refractivity contribution in [2.24, 2.45) is 0 Å². The molecule has 0 spiro atoms. The SMILES string of the molecule is COc1ccc2c(c1)C1c3c-2c2c(c4c5ccccc5n(c34)C3CCC1O3)CNC2=O.Cc1ccc2c(c1)[C@@H]1c3c-2c2c(c4c5ccccc5n(c34)[C@@H]3CC[C@H]1O3)CNC2=O.Cc1ccc2c(c1)[C@H]1c3c-2c2c(c4c5ccccc5n(c34)[C@@H]3CC[C@H]1O3)CNC2=O.Cc1ccc2c(c1)[C@H]1c3c-2c2c(c4c5ccccc5n(c34)[C@H]3CC[C@@H]1O3)CNC2=O. The molecule has 4 aromatic heterocycles. The van der Waals surface area contributed by atoms with E-state index in [0.29, 0.717) is 26.2 Å². The van der Waals surface area contributed by atoms with Gasteiger partial charge in [0.2, 0.25) is 0 Å². The summed E-state index contributed by atoms with van der Waals surface area (Å²) in [5.74, 6) is 1.82. The number of nitrogens with one attached hydrogen (secondary N) is 4. The van der Waals surface area contributed by atoms with E-state index in [4.69, 9.17) is 23.7 Å². The molecule has 17 heteroatoms. The topological polar surface area (TPSA) is 182 Å². The molecule has 4 fully saturated rings. The number of ether oxygens (including phenoxy) is 5. The monoisotopic (exact) mass is 1580 g/mol. The van der Waals surface area contributed by atoms with Gasteiger partial charge in [0, 0.05) is 115 Å². The zero-order valence-electron chi connectivity index (χ0n) is 67.0. The maximum Gasteiger partial charge on any atom is 0.252 e. The van der Waals surface area contributed by atoms with Crippen LogP contribution in [-0.2, 0) is 45.1 Å². The first kappa shape index (κ1) is 67.2. The number of aromatic nitrogens is 4. The second kappa shape index (κ2) is 23.3. The highest BCUT2D eigenvalue weighted by atomic mass is 16.5. The highest BCUT2D eigenvalue weighted by Gasteiger charge is 2.55. The van der Waals surface area contributed by atoms with Crippen molar-refractivity contribution >= 4 is 111 Å². The van der Waals surface area contributed by atoms with Gasteiger partial charge in [-0.3, -0.25) is 19.2 Å². The second-order valence-electron chi connectivity index (χ2n) is 36.7. The number of amides is 4. The predicted molar refractivity (Wildman–Crippen MR) is 465 cm³/mol. The first-order chi connectivity index (χ1) is 59.4. The van der Waals surface area contributed by atoms with Crippen molar-refractivity contribution in [3.8, 4) is 50.3 Å². The van der Waals surface area contributed by atoms with Crippen LogP contribution in [0, 0.1) is 20.8 Å². The number of carbonyl (C=O) groups excluding carboxylic acids is 4. The Morgan fingerprint density at radius 1 is 0.306 bits per heavy atom. The average Bonchev–Trinajstić information content (AvgIpc) is 1.53. The molecule has 4 aliphatic carbocycles. The molecule has 16 aliphatic rings. The number of aryl methyl sites for hydroxylation is 3. The van der Waals surface area contributed by atoms with E-state index in [1.54, 1.807) is 7.11 Å². The van der Waals surface area contributed by atoms with Crippen LogP contribution in [0.3, 0.4) is 0 Å². The largest absolute Gasteiger partial charge is 0.497 e. The average molecular weight is 1590 g/mol. The first-order valence-corrected chi connectivity index (χ1v) is 43.6. The Bertz CT molecular complexity index is 7200. The highest BCUT2D eigenvalue weighted by molar-refractivity contribution is 6.25. The number of hydrogen-bond donors (Lipinski definition) is 4. The van der Waals surface area contributed by atoms with E-state index in [1.807, 2.05) is 6.07 Å². The zero-order chi connectivity index (χ0) is 79.6. The Balaban J connectivity index is 0.0000000816. The van der Waals surface area contributed by atoms with E-state index in [1.165, 1.54) is 165 Å². The van der Waals surface area contributed by atoms with E-state index in [-0.39, 0.29) is 96.6 Å². The number of rotatable bonds is 1. The van der Waals surface area contributed by atoms with Crippen molar-refractivity contribution < 1.29 is 42.9 Å². The molecular weight excluding hydrogens is 1510 g/mol. The van der Waals surface area contributed by atoms with E-state index in [2.05, 4.69) is 224 Å². The molecule has 4 N–H and O–H groups in total. The highest BCUT2D eigenvalue weighted by Crippen LogP contribution is 2.66. The Morgan fingerprint density at radius 2 is 0.562 bits per heavy atom. The molecule has 17 nitrogen and oxygen atoms in total. The van der Waals surface area contributed by atoms with Crippen LogP contribution in [0.1, 0.15) is 225 Å². The normalized spacial score (nSPS) is 24.8. The number of carbonyl (C=O) groups is 4. The Hall–Kier alpha value is -12.6. The molecule has 16 aromatic rings. The molecule has 12 atom stereocenters. The molecule has 121 heavy (non-hydrogen) atoms. The summed E-state index contributed by atoms with van der Waals surface area (Å²) in [6.45, 7) is 8.86. The lowest BCUT2D eigenvalue weighted by atomic mass is 9.85. The van der Waals surface area contributed by atoms with Gasteiger partial charge >= 0.3 is 0 Å². The van der Waals surface area contributed by atoms with E-state index < -0.39 is 0 Å². The molecule has 12 aliphatic heterocycles. The standard InChI is InChI=1S/C26H20N2O3.3C26H20N2O2/c1-30-12-6-7-13-15(10-12)21-18-8-9-19(31-18)28-17-5-3-2-4-14(17)20-16-11-27-26(29)23(16)22(13)24(21)25(20)28;3*1-12-6-7-13-15(10-12)21-18-8-9-19(30-18)28-17-5-3-2-4-14(17)20-16-11-27-26(29)23(16)22(13)24(21)25(20)28/h2-7,10,18-19,21H,8-9,11H2,1H3,(H,27,29);3*2-7,10,18-19,21H,8-9,11H2,1H3,(H,27,29)/t;2*18-,19+,21+;18-,19+,21-/m.101/s1. The number of fused-ring (bicyclic) bond motifs is 52. The van der Waals surface area contributed by atoms with Gasteiger partial charge in [-0.25, -0.2) is 0 Å². The van der Waals surface area contributed by atoms with Gasteiger partial charge in [0.05, 0.1) is 97.9 Å². The summed E-state index contributed by atoms with van der Waals surface area (Å²) in [7, 11) is 1.71. The summed E-state index contributed by atoms with van der Waals surface area (Å²) >= 11 is 0. The number of benzene rings is 12. The lowest BCUT2D eigenvalue weighted by Gasteiger charge is -2.20. The summed E-state index contributed by atoms with van der Waals surface area (Å²) in [5.41, 5.74) is 41.9. The van der Waals surface area contributed by atoms with Crippen LogP contribution in [0.4, 0.5) is 0 Å². The number of nitrogens with zero attached hydrogens (tertiary/aromatic N) is 4. The number of methoxy groups -OCH3 is 1. The fraction of sp³-hybridized carbons (Fsp3) is 0.269. The lowest BCUT2D eigenvalue weighted by molar-refractivity contribution is 0.00473. The van der Waals surface area contributed by atoms with Gasteiger partial charge in [0.15, 0.2) is 0 Å². The quantitative estimate of drug-likeness (QED) is 0.124. The van der Waals surface area contributed by atoms with Gasteiger partial charge in [0.25, 0.3) is 23.6 Å². The Morgan fingerprint density at radius 3 is 0.835 bits per heavy atom. The third-order valence-electron chi connectivity index (χ3n) is 31.1. The van der Waals surface area contributed by atoms with Crippen LogP contribution in [-0.4, -0.2) is 73.4 Å². The molecule has 0 radical (unpaired) electrons. The van der Waals surface area contributed by atoms with Crippen LogP contribution < -0.4 is 26.0 Å². The fourth-order valence-corrected chi connectivity index (χ4v) is 26.9. The molecule has 4 amide bonds. The molecular formula is C104H80N8O9. The summed E-state index contributed by atoms with van der Waals surface area (Å²) < 4.78 is 42.2. The fourth-order valence-electron chi connectivity index (χ4n) is 26.9. The first-order valence-electron chi connectivity index (χ1n) is 43.6. The van der Waals surface area contributed by atoms with Gasteiger partial charge in [-0.15, -0.1) is 0 Å². The minimum absolute atomic E-state index is 0.0396. The van der Waals surface area contributed by atoms with E-state index >= 15 is 0 Å². The zero-order valence-corrected chi connectivity index (χ0v) is 67.0. The molecule has 0 saturated carbocycles. The summed E-state index contributed by atoms with van der Waals surface area (Å²) in [6.07, 6.45) is 9.19. The van der Waals surface area contributed by atoms with Crippen molar-refractivity contribution in [1.82, 2.24) is 39.5 Å². The van der Waals surface area contributed by atoms with Gasteiger partial charge in [-0.05, 0) is 198 Å². The van der Waals surface area contributed by atoms with Crippen molar-refractivity contribution in [1.29, 1.82) is 0 Å². The molecule has 8 bridgehead atoms. The van der Waals surface area contributed by atoms with Gasteiger partial charge < -0.3 is 63.2 Å². The van der Waals surface area contributed by atoms with Crippen LogP contribution in [0.25, 0.3) is 132 Å². The summed E-state index contributed by atoms with van der Waals surface area (Å²) in [4.78, 5) is 52.5. The van der Waals surface area contributed by atoms with Crippen molar-refractivity contribution in [3.05, 3.63) is 276 Å². The van der Waals surface area contributed by atoms with Gasteiger partial charge in [-0.2, -0.15) is 0 Å². The van der Waals surface area contributed by atoms with Crippen LogP contribution in [0.15, 0.2) is 170 Å². The second-order valence-corrected chi connectivity index (χ2v) is 36.7. The van der Waals surface area contributed by atoms with Crippen molar-refractivity contribution in [2.45, 2.75) is 171 Å². The smallest absolute Gasteiger partial charge is 0.252 e. The molecule has 3 unspecified atom stereocenters. The van der Waals surface area contributed by atoms with Crippen molar-refractivity contribution in [2.75, 3.05) is 7.11 Å². The number of hydrogen-bond acceptors (Lipinski definition) is 9. The maximum absolute atomic E-state index is 13.1. The van der Waals surface area contributed by atoms with Crippen LogP contribution in [0.5, 0.6) is 5.75 Å². The van der Waals surface area contributed by atoms with Crippen LogP contribution >= 0.6 is 0 Å². The molecule has 590 valence electrons. The van der Waals surface area contributed by atoms with E-state index in [0.717, 1.165) is 129 Å². The third kappa shape index (κ3) is 8.19. The minimum atomic E-state index is 0.0396. The summed E-state index contributed by atoms with van der Waals surface area (Å²) in [6, 6.07) is 60.9. The Kier molecular flexibility index (Phi) is 12.9. The molecule has 4 saturated heterocycles. The predicted octanol–water partition coefficient (Wildman–Crippen LogP) is 20.3. The summed E-state index contributed by atoms with van der Waals surface area (Å²) in [5, 5.41) is 22.4. The molecule has 32 rings (SSSR count). The van der Waals surface area contributed by atoms with E-state index in [9.17, 15) is 19.2 Å². The maximum atomic E-state index is 13.1. The van der Waals surface area contributed by atoms with Gasteiger partial charge in [0.1, 0.15) is 30.7 Å². The molecule has 12 aromatic carbocycles. The lowest BCUT2D eigenvalue weighted by Crippen LogP contribution is -2.16. The third-order valence-corrected chi connectivity index (χ3v) is 31.1. The minimum Gasteiger partial charge on any atom is -0.497 e. The van der Waals surface area contributed by atoms with Crippen molar-refractivity contribution in [3.63, 3.8) is 0 Å². The Labute approximate surface area is 693 Å². The molecule has 16 heterocycles. The van der Waals surface area contributed by atoms with Crippen LogP contribution in [0.2, 0.25) is 0 Å². The number of para-hydroxylation sites is 4. The van der Waals surface area contributed by atoms with Gasteiger partial charge in [-0.1, -0.05) is 150 Å².